The van der Waals surface area contributed by atoms with Crippen LogP contribution in [0.5, 0.6) is 11.5 Å². The quantitative estimate of drug-likeness (QED) is 0.0759. The maximum atomic E-state index is 14.6. The molecule has 0 fully saturated rings. The number of nitrogens with two attached hydrogens (primary N) is 2. The lowest BCUT2D eigenvalue weighted by Gasteiger charge is -2.32. The van der Waals surface area contributed by atoms with Crippen molar-refractivity contribution in [1.82, 2.24) is 26.2 Å². The Labute approximate surface area is 380 Å². The second kappa shape index (κ2) is 23.2. The number of benzene rings is 4. The highest BCUT2D eigenvalue weighted by Crippen LogP contribution is 2.40. The minimum atomic E-state index is -1.42. The molecule has 0 aliphatic carbocycles. The van der Waals surface area contributed by atoms with E-state index in [0.29, 0.717) is 50.8 Å². The molecule has 1 aliphatic rings. The van der Waals surface area contributed by atoms with Gasteiger partial charge in [-0.3, -0.25) is 24.0 Å². The third-order valence-corrected chi connectivity index (χ3v) is 11.0. The number of amides is 5. The van der Waals surface area contributed by atoms with E-state index >= 15 is 0 Å². The standard InChI is InChI=1S/C49H60N8O8/c1-29(2)24-32-6-9-34(10-7-32)35-11-13-37(30(3)25-35)46(60)55-40(16-21-58)49(63)57(5)44-36-12-15-43(65-23-19-52)39(28-36)38-26-33(8-14-42(38)64-22-18-51)27-41(47(61)53-20-17-50)56-45(59)31(4)54-48(44)62/h6-15,25-26,28-29,31,40-41,44,58H,16,18-24,27,51-52H2,1-5H3,(H,53,61)(H,54,62)(H,55,60)(H,56,59)/t31-,40-,41-,44-/m0/s1. The number of carbonyl (C=O) groups is 5. The molecule has 4 bridgehead atoms. The summed E-state index contributed by atoms with van der Waals surface area (Å²) in [4.78, 5) is 71.3. The van der Waals surface area contributed by atoms with E-state index < -0.39 is 60.3 Å². The van der Waals surface area contributed by atoms with Crippen LogP contribution in [0.2, 0.25) is 0 Å². The minimum absolute atomic E-state index is 0.000370. The number of rotatable bonds is 17. The molecule has 1 aliphatic heterocycles. The molecule has 4 aromatic rings. The molecule has 4 aromatic carbocycles. The predicted octanol–water partition coefficient (Wildman–Crippen LogP) is 3.07. The van der Waals surface area contributed by atoms with Gasteiger partial charge in [0.15, 0.2) is 0 Å². The number of likely N-dealkylation sites (N-methyl/N-ethyl adjacent to an activating group) is 1. The van der Waals surface area contributed by atoms with Crippen molar-refractivity contribution < 1.29 is 38.6 Å². The summed E-state index contributed by atoms with van der Waals surface area (Å²) < 4.78 is 12.2. The molecule has 5 amide bonds. The lowest BCUT2D eigenvalue weighted by Crippen LogP contribution is -2.56. The van der Waals surface area contributed by atoms with Gasteiger partial charge in [0, 0.05) is 49.9 Å². The number of hydrogen-bond donors (Lipinski definition) is 7. The molecule has 0 radical (unpaired) electrons. The number of nitrogens with zero attached hydrogens (tertiary/aromatic N) is 2. The fourth-order valence-electron chi connectivity index (χ4n) is 7.73. The Morgan fingerprint density at radius 1 is 0.892 bits per heavy atom. The van der Waals surface area contributed by atoms with Crippen molar-refractivity contribution in [2.24, 2.45) is 17.4 Å². The molecule has 0 saturated heterocycles. The van der Waals surface area contributed by atoms with Crippen LogP contribution >= 0.6 is 0 Å². The number of aliphatic hydroxyl groups excluding tert-OH is 1. The average Bonchev–Trinajstić information content (AvgIpc) is 3.28. The average molecular weight is 889 g/mol. The molecular formula is C49H60N8O8. The third-order valence-electron chi connectivity index (χ3n) is 11.0. The first kappa shape index (κ1) is 49.2. The number of aryl methyl sites for hydroxylation is 1. The van der Waals surface area contributed by atoms with Crippen molar-refractivity contribution in [2.75, 3.05) is 46.5 Å². The van der Waals surface area contributed by atoms with Crippen LogP contribution in [0.25, 0.3) is 22.3 Å². The molecule has 0 aromatic heterocycles. The van der Waals surface area contributed by atoms with Gasteiger partial charge in [0.2, 0.25) is 23.6 Å². The molecule has 16 nitrogen and oxygen atoms in total. The summed E-state index contributed by atoms with van der Waals surface area (Å²) >= 11 is 0. The zero-order valence-corrected chi connectivity index (χ0v) is 37.6. The van der Waals surface area contributed by atoms with Gasteiger partial charge in [-0.2, -0.15) is 5.26 Å². The Kier molecular flexibility index (Phi) is 17.6. The largest absolute Gasteiger partial charge is 0.492 e. The molecule has 0 unspecified atom stereocenters. The Morgan fingerprint density at radius 3 is 2.15 bits per heavy atom. The van der Waals surface area contributed by atoms with Crippen LogP contribution in [0.4, 0.5) is 0 Å². The van der Waals surface area contributed by atoms with Crippen molar-refractivity contribution >= 4 is 29.5 Å². The maximum absolute atomic E-state index is 14.6. The normalized spacial score (nSPS) is 16.5. The third kappa shape index (κ3) is 12.7. The number of hydrogen-bond acceptors (Lipinski definition) is 11. The van der Waals surface area contributed by atoms with Crippen molar-refractivity contribution in [3.8, 4) is 39.8 Å². The summed E-state index contributed by atoms with van der Waals surface area (Å²) in [6.07, 6.45) is 0.789. The van der Waals surface area contributed by atoms with E-state index in [1.54, 1.807) is 49.4 Å². The van der Waals surface area contributed by atoms with Crippen molar-refractivity contribution in [1.29, 1.82) is 5.26 Å². The van der Waals surface area contributed by atoms with Gasteiger partial charge in [0.1, 0.15) is 55.4 Å². The topological polar surface area (TPSA) is 251 Å². The van der Waals surface area contributed by atoms with Gasteiger partial charge in [-0.15, -0.1) is 0 Å². The van der Waals surface area contributed by atoms with Gasteiger partial charge in [-0.25, -0.2) is 0 Å². The summed E-state index contributed by atoms with van der Waals surface area (Å²) in [5, 5.41) is 30.0. The Hall–Kier alpha value is -6.80. The molecule has 1 heterocycles. The summed E-state index contributed by atoms with van der Waals surface area (Å²) in [6, 6.07) is 20.6. The molecule has 5 rings (SSSR count). The van der Waals surface area contributed by atoms with E-state index in [4.69, 9.17) is 26.2 Å². The van der Waals surface area contributed by atoms with Crippen LogP contribution in [0.3, 0.4) is 0 Å². The van der Waals surface area contributed by atoms with Gasteiger partial charge in [0.05, 0.1) is 6.07 Å². The maximum Gasteiger partial charge on any atom is 0.252 e. The highest BCUT2D eigenvalue weighted by molar-refractivity contribution is 6.00. The number of aliphatic hydroxyl groups is 1. The molecule has 4 atom stereocenters. The van der Waals surface area contributed by atoms with E-state index in [1.807, 2.05) is 18.2 Å². The van der Waals surface area contributed by atoms with E-state index in [1.165, 1.54) is 19.5 Å². The Balaban J connectivity index is 1.55. The molecule has 9 N–H and O–H groups in total. The van der Waals surface area contributed by atoms with Crippen molar-refractivity contribution in [2.45, 2.75) is 71.1 Å². The summed E-state index contributed by atoms with van der Waals surface area (Å²) in [5.74, 6) is -2.05. The lowest BCUT2D eigenvalue weighted by atomic mass is 9.93. The Morgan fingerprint density at radius 2 is 1.54 bits per heavy atom. The number of carbonyl (C=O) groups excluding carboxylic acids is 5. The van der Waals surface area contributed by atoms with E-state index in [9.17, 15) is 29.1 Å². The Bertz CT molecular complexity index is 2380. The molecule has 16 heteroatoms. The van der Waals surface area contributed by atoms with E-state index in [0.717, 1.165) is 22.4 Å². The van der Waals surface area contributed by atoms with E-state index in [-0.39, 0.29) is 45.7 Å². The van der Waals surface area contributed by atoms with Crippen LogP contribution in [0, 0.1) is 24.2 Å². The minimum Gasteiger partial charge on any atom is -0.492 e. The predicted molar refractivity (Wildman–Crippen MR) is 246 cm³/mol. The lowest BCUT2D eigenvalue weighted by molar-refractivity contribution is -0.142. The number of nitriles is 1. The highest BCUT2D eigenvalue weighted by atomic mass is 16.5. The fraction of sp³-hybridized carbons (Fsp3) is 0.388. The first-order valence-electron chi connectivity index (χ1n) is 21.8. The van der Waals surface area contributed by atoms with Gasteiger partial charge in [0.25, 0.3) is 5.91 Å². The number of nitrogens with one attached hydrogen (secondary N) is 4. The van der Waals surface area contributed by atoms with Crippen molar-refractivity contribution in [3.63, 3.8) is 0 Å². The first-order chi connectivity index (χ1) is 31.2. The molecule has 0 spiro atoms. The van der Waals surface area contributed by atoms with Gasteiger partial charge in [-0.1, -0.05) is 62.4 Å². The van der Waals surface area contributed by atoms with Crippen LogP contribution in [0.15, 0.2) is 78.9 Å². The van der Waals surface area contributed by atoms with Crippen LogP contribution < -0.4 is 42.2 Å². The van der Waals surface area contributed by atoms with Crippen LogP contribution in [-0.2, 0) is 32.0 Å². The van der Waals surface area contributed by atoms with Crippen LogP contribution in [0.1, 0.15) is 65.8 Å². The summed E-state index contributed by atoms with van der Waals surface area (Å²) in [5.41, 5.74) is 17.6. The molecule has 65 heavy (non-hydrogen) atoms. The SMILES string of the molecule is Cc1cc(-c2ccc(CC(C)C)cc2)ccc1C(=O)N[C@@H](CCO)C(=O)N(C)[C@@H]1C(=O)N[C@@H](C)C(=O)N[C@H](C(=O)NCC#N)Cc2ccc(OCCN)c(c2)-c2cc1ccc2OCCN. The monoisotopic (exact) mass is 888 g/mol. The fourth-order valence-corrected chi connectivity index (χ4v) is 7.73. The van der Waals surface area contributed by atoms with Gasteiger partial charge in [-0.05, 0) is 96.3 Å². The molecule has 344 valence electrons. The second-order valence-corrected chi connectivity index (χ2v) is 16.4. The first-order valence-corrected chi connectivity index (χ1v) is 21.8. The second-order valence-electron chi connectivity index (χ2n) is 16.4. The van der Waals surface area contributed by atoms with Crippen LogP contribution in [-0.4, -0.2) is 104 Å². The molecular weight excluding hydrogens is 829 g/mol. The van der Waals surface area contributed by atoms with Crippen molar-refractivity contribution in [3.05, 3.63) is 107 Å². The zero-order valence-electron chi connectivity index (χ0n) is 37.6. The zero-order chi connectivity index (χ0) is 47.2. The summed E-state index contributed by atoms with van der Waals surface area (Å²) in [7, 11) is 1.40. The van der Waals surface area contributed by atoms with Gasteiger partial charge < -0.3 is 52.2 Å². The number of fused-ring (bicyclic) bond motifs is 5. The van der Waals surface area contributed by atoms with Gasteiger partial charge >= 0.3 is 0 Å². The number of ether oxygens (including phenoxy) is 2. The molecule has 0 saturated carbocycles. The summed E-state index contributed by atoms with van der Waals surface area (Å²) in [6.45, 7) is 7.47. The smallest absolute Gasteiger partial charge is 0.252 e. The van der Waals surface area contributed by atoms with E-state index in [2.05, 4.69) is 59.4 Å². The highest BCUT2D eigenvalue weighted by Gasteiger charge is 2.36.